The summed E-state index contributed by atoms with van der Waals surface area (Å²) in [5.74, 6) is 0.752. The van der Waals surface area contributed by atoms with E-state index in [1.54, 1.807) is 6.20 Å². The summed E-state index contributed by atoms with van der Waals surface area (Å²) in [7, 11) is 0. The van der Waals surface area contributed by atoms with E-state index < -0.39 is 0 Å². The lowest BCUT2D eigenvalue weighted by molar-refractivity contribution is 0.0492. The number of hydrogen-bond donors (Lipinski definition) is 1. The number of nitrogens with zero attached hydrogens (tertiary/aromatic N) is 2. The standard InChI is InChI=1S/C11H19N3O/c1-3-5-10(15-4-2)11-13-7-6-9(8-12)14-11/h6-7,10H,3-5,8,12H2,1-2H3. The second-order valence-corrected chi connectivity index (χ2v) is 3.34. The van der Waals surface area contributed by atoms with Crippen LogP contribution < -0.4 is 5.73 Å². The fourth-order valence-corrected chi connectivity index (χ4v) is 1.43. The van der Waals surface area contributed by atoms with Gasteiger partial charge < -0.3 is 10.5 Å². The van der Waals surface area contributed by atoms with Crippen molar-refractivity contribution in [3.63, 3.8) is 0 Å². The molecule has 4 nitrogen and oxygen atoms in total. The van der Waals surface area contributed by atoms with Gasteiger partial charge in [-0.05, 0) is 19.4 Å². The summed E-state index contributed by atoms with van der Waals surface area (Å²) in [5, 5.41) is 0. The largest absolute Gasteiger partial charge is 0.371 e. The van der Waals surface area contributed by atoms with Crippen molar-refractivity contribution >= 4 is 0 Å². The van der Waals surface area contributed by atoms with Gasteiger partial charge in [-0.3, -0.25) is 0 Å². The van der Waals surface area contributed by atoms with Crippen molar-refractivity contribution < 1.29 is 4.74 Å². The predicted octanol–water partition coefficient (Wildman–Crippen LogP) is 1.81. The van der Waals surface area contributed by atoms with Gasteiger partial charge in [0, 0.05) is 19.3 Å². The van der Waals surface area contributed by atoms with Crippen molar-refractivity contribution in [2.75, 3.05) is 6.61 Å². The lowest BCUT2D eigenvalue weighted by Crippen LogP contribution is -2.11. The zero-order chi connectivity index (χ0) is 11.1. The highest BCUT2D eigenvalue weighted by Crippen LogP contribution is 2.18. The first-order valence-electron chi connectivity index (χ1n) is 5.45. The van der Waals surface area contributed by atoms with Crippen LogP contribution in [0.4, 0.5) is 0 Å². The molecule has 1 aromatic rings. The SMILES string of the molecule is CCCC(OCC)c1nccc(CN)n1. The van der Waals surface area contributed by atoms with Crippen molar-refractivity contribution in [3.8, 4) is 0 Å². The summed E-state index contributed by atoms with van der Waals surface area (Å²) in [6.45, 7) is 5.23. The van der Waals surface area contributed by atoms with E-state index in [-0.39, 0.29) is 6.10 Å². The minimum absolute atomic E-state index is 0.00602. The molecule has 1 heterocycles. The minimum atomic E-state index is 0.00602. The highest BCUT2D eigenvalue weighted by Gasteiger charge is 2.13. The minimum Gasteiger partial charge on any atom is -0.371 e. The number of hydrogen-bond acceptors (Lipinski definition) is 4. The van der Waals surface area contributed by atoms with Gasteiger partial charge in [-0.2, -0.15) is 0 Å². The van der Waals surface area contributed by atoms with E-state index in [9.17, 15) is 0 Å². The Bertz CT molecular complexity index is 285. The van der Waals surface area contributed by atoms with Crippen LogP contribution in [0.2, 0.25) is 0 Å². The van der Waals surface area contributed by atoms with Gasteiger partial charge >= 0.3 is 0 Å². The van der Waals surface area contributed by atoms with Crippen LogP contribution in [0.5, 0.6) is 0 Å². The fraction of sp³-hybridized carbons (Fsp3) is 0.636. The van der Waals surface area contributed by atoms with Crippen LogP contribution >= 0.6 is 0 Å². The molecule has 0 aliphatic carbocycles. The van der Waals surface area contributed by atoms with Gasteiger partial charge in [0.2, 0.25) is 0 Å². The molecule has 0 radical (unpaired) electrons. The van der Waals surface area contributed by atoms with Crippen LogP contribution in [-0.4, -0.2) is 16.6 Å². The van der Waals surface area contributed by atoms with Crippen LogP contribution in [0, 0.1) is 0 Å². The Balaban J connectivity index is 2.79. The number of nitrogens with two attached hydrogens (primary N) is 1. The normalized spacial score (nSPS) is 12.7. The fourth-order valence-electron chi connectivity index (χ4n) is 1.43. The van der Waals surface area contributed by atoms with Gasteiger partial charge in [-0.25, -0.2) is 9.97 Å². The van der Waals surface area contributed by atoms with Crippen LogP contribution in [-0.2, 0) is 11.3 Å². The molecule has 0 aliphatic rings. The number of rotatable bonds is 6. The van der Waals surface area contributed by atoms with Gasteiger partial charge in [0.05, 0.1) is 5.69 Å². The maximum absolute atomic E-state index is 5.60. The molecule has 1 aromatic heterocycles. The highest BCUT2D eigenvalue weighted by atomic mass is 16.5. The molecule has 0 saturated heterocycles. The van der Waals surface area contributed by atoms with E-state index >= 15 is 0 Å². The van der Waals surface area contributed by atoms with E-state index in [1.807, 2.05) is 13.0 Å². The topological polar surface area (TPSA) is 61.0 Å². The zero-order valence-corrected chi connectivity index (χ0v) is 9.44. The molecule has 0 spiro atoms. The van der Waals surface area contributed by atoms with E-state index in [1.165, 1.54) is 0 Å². The van der Waals surface area contributed by atoms with Gasteiger partial charge in [0.15, 0.2) is 5.82 Å². The maximum Gasteiger partial charge on any atom is 0.157 e. The van der Waals surface area contributed by atoms with Crippen LogP contribution in [0.3, 0.4) is 0 Å². The molecule has 1 rings (SSSR count). The van der Waals surface area contributed by atoms with Crippen molar-refractivity contribution in [3.05, 3.63) is 23.8 Å². The molecule has 1 atom stereocenters. The molecule has 1 unspecified atom stereocenters. The average Bonchev–Trinajstić information content (AvgIpc) is 2.29. The maximum atomic E-state index is 5.60. The third-order valence-corrected chi connectivity index (χ3v) is 2.15. The first kappa shape index (κ1) is 12.1. The third-order valence-electron chi connectivity index (χ3n) is 2.15. The molecule has 0 aromatic carbocycles. The van der Waals surface area contributed by atoms with Crippen molar-refractivity contribution in [1.29, 1.82) is 0 Å². The molecule has 4 heteroatoms. The summed E-state index contributed by atoms with van der Waals surface area (Å²) >= 11 is 0. The summed E-state index contributed by atoms with van der Waals surface area (Å²) < 4.78 is 5.60. The first-order chi connectivity index (χ1) is 7.31. The predicted molar refractivity (Wildman–Crippen MR) is 59.2 cm³/mol. The van der Waals surface area contributed by atoms with Crippen LogP contribution in [0.15, 0.2) is 12.3 Å². The van der Waals surface area contributed by atoms with Crippen LogP contribution in [0.1, 0.15) is 44.3 Å². The Morgan fingerprint density at radius 2 is 2.27 bits per heavy atom. The Hall–Kier alpha value is -1.00. The molecule has 0 aliphatic heterocycles. The molecule has 84 valence electrons. The Kier molecular flexibility index (Phi) is 5.21. The third kappa shape index (κ3) is 3.57. The van der Waals surface area contributed by atoms with E-state index in [2.05, 4.69) is 16.9 Å². The quantitative estimate of drug-likeness (QED) is 0.776. The number of aromatic nitrogens is 2. The average molecular weight is 209 g/mol. The zero-order valence-electron chi connectivity index (χ0n) is 9.44. The monoisotopic (exact) mass is 209 g/mol. The second kappa shape index (κ2) is 6.48. The second-order valence-electron chi connectivity index (χ2n) is 3.34. The van der Waals surface area contributed by atoms with Crippen molar-refractivity contribution in [2.45, 2.75) is 39.3 Å². The lowest BCUT2D eigenvalue weighted by atomic mass is 10.2. The molecule has 0 fully saturated rings. The summed E-state index contributed by atoms with van der Waals surface area (Å²) in [4.78, 5) is 8.60. The Labute approximate surface area is 90.9 Å². The molecular formula is C11H19N3O. The van der Waals surface area contributed by atoms with Gasteiger partial charge in [0.25, 0.3) is 0 Å². The van der Waals surface area contributed by atoms with E-state index in [0.29, 0.717) is 13.2 Å². The van der Waals surface area contributed by atoms with E-state index in [4.69, 9.17) is 10.5 Å². The number of ether oxygens (including phenoxy) is 1. The summed E-state index contributed by atoms with van der Waals surface area (Å²) in [6.07, 6.45) is 3.75. The molecular weight excluding hydrogens is 190 g/mol. The first-order valence-corrected chi connectivity index (χ1v) is 5.45. The molecule has 15 heavy (non-hydrogen) atoms. The Morgan fingerprint density at radius 1 is 1.47 bits per heavy atom. The molecule has 2 N–H and O–H groups in total. The highest BCUT2D eigenvalue weighted by molar-refractivity contribution is 5.03. The Morgan fingerprint density at radius 3 is 2.87 bits per heavy atom. The smallest absolute Gasteiger partial charge is 0.157 e. The summed E-state index contributed by atoms with van der Waals surface area (Å²) in [5.41, 5.74) is 6.40. The molecule has 0 amide bonds. The van der Waals surface area contributed by atoms with Gasteiger partial charge in [-0.15, -0.1) is 0 Å². The van der Waals surface area contributed by atoms with Gasteiger partial charge in [0.1, 0.15) is 6.10 Å². The van der Waals surface area contributed by atoms with Crippen molar-refractivity contribution in [2.24, 2.45) is 5.73 Å². The van der Waals surface area contributed by atoms with Gasteiger partial charge in [-0.1, -0.05) is 13.3 Å². The van der Waals surface area contributed by atoms with Crippen molar-refractivity contribution in [1.82, 2.24) is 9.97 Å². The van der Waals surface area contributed by atoms with Crippen LogP contribution in [0.25, 0.3) is 0 Å². The van der Waals surface area contributed by atoms with E-state index in [0.717, 1.165) is 24.4 Å². The molecule has 0 bridgehead atoms. The lowest BCUT2D eigenvalue weighted by Gasteiger charge is -2.14. The molecule has 0 saturated carbocycles. The summed E-state index contributed by atoms with van der Waals surface area (Å²) in [6, 6.07) is 1.83.